The van der Waals surface area contributed by atoms with Crippen molar-refractivity contribution in [2.45, 2.75) is 98.1 Å². The lowest BCUT2D eigenvalue weighted by Crippen LogP contribution is -2.59. The number of alkyl halides is 1. The zero-order valence-electron chi connectivity index (χ0n) is 19.3. The predicted octanol–water partition coefficient (Wildman–Crippen LogP) is 6.73. The first-order valence-electron chi connectivity index (χ1n) is 12.4. The smallest absolute Gasteiger partial charge is 0.303 e. The molecule has 0 aromatic heterocycles. The van der Waals surface area contributed by atoms with Gasteiger partial charge in [-0.25, -0.2) is 4.39 Å². The fraction of sp³-hybridized carbons (Fsp3) is 0.960. The Balaban J connectivity index is 1.61. The van der Waals surface area contributed by atoms with Crippen molar-refractivity contribution in [2.75, 3.05) is 0 Å². The summed E-state index contributed by atoms with van der Waals surface area (Å²) in [7, 11) is 0. The minimum Gasteiger partial charge on any atom is -0.481 e. The first kappa shape index (κ1) is 19.4. The van der Waals surface area contributed by atoms with E-state index >= 15 is 4.39 Å². The Morgan fingerprint density at radius 3 is 2.71 bits per heavy atom. The molecule has 4 aliphatic carbocycles. The first-order chi connectivity index (χ1) is 13.6. The van der Waals surface area contributed by atoms with Gasteiger partial charge in [-0.3, -0.25) is 4.79 Å². The fourth-order valence-electron chi connectivity index (χ4n) is 8.86. The summed E-state index contributed by atoms with van der Waals surface area (Å²) in [4.78, 5) is 11.1. The van der Waals surface area contributed by atoms with E-state index in [4.69, 9.17) is 6.48 Å². The summed E-state index contributed by atoms with van der Waals surface area (Å²) < 4.78 is 24.4. The number of carboxylic acid groups (broad SMARTS) is 1. The van der Waals surface area contributed by atoms with E-state index in [0.717, 1.165) is 32.1 Å². The molecule has 4 saturated carbocycles. The number of rotatable bonds is 4. The second-order valence-corrected chi connectivity index (χ2v) is 11.4. The molecule has 0 amide bonds. The molecule has 0 spiro atoms. The highest BCUT2D eigenvalue weighted by Gasteiger charge is 2.65. The van der Waals surface area contributed by atoms with E-state index < -0.39 is 12.1 Å². The molecule has 4 aliphatic rings. The predicted molar refractivity (Wildman–Crippen MR) is 111 cm³/mol. The van der Waals surface area contributed by atoms with Gasteiger partial charge in [0.05, 0.1) is 0 Å². The van der Waals surface area contributed by atoms with Gasteiger partial charge in [-0.1, -0.05) is 40.5 Å². The third kappa shape index (κ3) is 2.97. The van der Waals surface area contributed by atoms with Crippen LogP contribution in [0.4, 0.5) is 4.39 Å². The van der Waals surface area contributed by atoms with Crippen molar-refractivity contribution >= 4 is 5.97 Å². The molecule has 0 heterocycles. The van der Waals surface area contributed by atoms with Crippen molar-refractivity contribution in [1.29, 1.82) is 0 Å². The van der Waals surface area contributed by atoms with E-state index in [9.17, 15) is 4.79 Å². The monoisotopic (exact) mass is 393 g/mol. The van der Waals surface area contributed by atoms with Crippen LogP contribution in [-0.4, -0.2) is 17.2 Å². The molecule has 0 radical (unpaired) electrons. The number of halogens is 1. The molecule has 0 aliphatic heterocycles. The lowest BCUT2D eigenvalue weighted by Gasteiger charge is -2.63. The van der Waals surface area contributed by atoms with Crippen LogP contribution in [0.25, 0.3) is 0 Å². The standard InChI is InChI=1S/C25H41FO2/c1-15(8-11-22(27)28)18-9-10-19-23-16(2)13-17-7-5-6-12-24(17,3)20(23)14-21(26)25(18,19)4/h15-21,23H,5-14H2,1-4H3,(H,27,28)/t15?,16?,17?,18?,19?,20?,21?,23?,24-,25+/m0/s1/i5D/t5?,15?,16?,17?,18?,19?,20?,21?,23?,24-,25+. The highest BCUT2D eigenvalue weighted by molar-refractivity contribution is 5.66. The molecule has 2 nitrogen and oxygen atoms in total. The summed E-state index contributed by atoms with van der Waals surface area (Å²) in [5.41, 5.74) is -0.0728. The van der Waals surface area contributed by atoms with Crippen LogP contribution in [0, 0.1) is 52.3 Å². The average molecular weight is 394 g/mol. The maximum Gasteiger partial charge on any atom is 0.303 e. The summed E-state index contributed by atoms with van der Waals surface area (Å²) >= 11 is 0. The van der Waals surface area contributed by atoms with E-state index in [1.807, 2.05) is 0 Å². The SMILES string of the molecule is [2H]C1CC[C@@]2(C)C(C1)CC(C)C1C2CC(F)[C@]2(C)C(C(C)CCC(=O)O)CCC12. The number of carboxylic acids is 1. The molecular weight excluding hydrogens is 351 g/mol. The third-order valence-electron chi connectivity index (χ3n) is 10.4. The average Bonchev–Trinajstić information content (AvgIpc) is 3.01. The van der Waals surface area contributed by atoms with Crippen molar-refractivity contribution in [1.82, 2.24) is 0 Å². The summed E-state index contributed by atoms with van der Waals surface area (Å²) in [6, 6.07) is 0. The van der Waals surface area contributed by atoms with Crippen LogP contribution in [0.15, 0.2) is 0 Å². The van der Waals surface area contributed by atoms with Crippen LogP contribution < -0.4 is 0 Å². The highest BCUT2D eigenvalue weighted by atomic mass is 19.1. The minimum atomic E-state index is -0.773. The molecule has 28 heavy (non-hydrogen) atoms. The molecule has 9 unspecified atom stereocenters. The highest BCUT2D eigenvalue weighted by Crippen LogP contribution is 2.70. The summed E-state index contributed by atoms with van der Waals surface area (Å²) in [5.74, 6) is 2.57. The van der Waals surface area contributed by atoms with Crippen molar-refractivity contribution in [3.63, 3.8) is 0 Å². The van der Waals surface area contributed by atoms with Gasteiger partial charge in [-0.2, -0.15) is 0 Å². The van der Waals surface area contributed by atoms with Gasteiger partial charge in [-0.05, 0) is 91.8 Å². The van der Waals surface area contributed by atoms with Crippen molar-refractivity contribution in [2.24, 2.45) is 52.3 Å². The van der Waals surface area contributed by atoms with Crippen LogP contribution in [0.2, 0.25) is 0 Å². The Morgan fingerprint density at radius 2 is 2.00 bits per heavy atom. The molecule has 0 bridgehead atoms. The van der Waals surface area contributed by atoms with Gasteiger partial charge >= 0.3 is 5.97 Å². The number of hydrogen-bond acceptors (Lipinski definition) is 1. The molecule has 0 aromatic carbocycles. The summed E-state index contributed by atoms with van der Waals surface area (Å²) in [6.07, 6.45) is 7.37. The number of aliphatic carboxylic acids is 1. The van der Waals surface area contributed by atoms with Crippen LogP contribution in [-0.2, 0) is 4.79 Å². The van der Waals surface area contributed by atoms with E-state index in [1.165, 1.54) is 6.42 Å². The largest absolute Gasteiger partial charge is 0.481 e. The molecule has 4 fully saturated rings. The van der Waals surface area contributed by atoms with Crippen LogP contribution in [0.5, 0.6) is 0 Å². The van der Waals surface area contributed by atoms with Gasteiger partial charge in [0.2, 0.25) is 0 Å². The van der Waals surface area contributed by atoms with Gasteiger partial charge in [0.15, 0.2) is 0 Å². The molecule has 1 N–H and O–H groups in total. The molecular formula is C25H41FO2. The molecule has 0 aromatic rings. The maximum atomic E-state index is 16.1. The Bertz CT molecular complexity index is 640. The normalized spacial score (nSPS) is 54.8. The lowest BCUT2D eigenvalue weighted by molar-refractivity contribution is -0.166. The van der Waals surface area contributed by atoms with E-state index in [-0.39, 0.29) is 29.6 Å². The van der Waals surface area contributed by atoms with Gasteiger partial charge in [0, 0.05) is 13.2 Å². The Labute approximate surface area is 172 Å². The van der Waals surface area contributed by atoms with Crippen molar-refractivity contribution < 1.29 is 15.7 Å². The van der Waals surface area contributed by atoms with E-state index in [2.05, 4.69) is 27.7 Å². The first-order valence-corrected chi connectivity index (χ1v) is 11.9. The Kier molecular flexibility index (Phi) is 5.03. The van der Waals surface area contributed by atoms with E-state index in [1.54, 1.807) is 0 Å². The maximum absolute atomic E-state index is 16.1. The Morgan fingerprint density at radius 1 is 1.25 bits per heavy atom. The Hall–Kier alpha value is -0.600. The van der Waals surface area contributed by atoms with Gasteiger partial charge in [0.25, 0.3) is 0 Å². The van der Waals surface area contributed by atoms with Crippen LogP contribution in [0.3, 0.4) is 0 Å². The quantitative estimate of drug-likeness (QED) is 0.575. The number of carbonyl (C=O) groups is 1. The van der Waals surface area contributed by atoms with Crippen molar-refractivity contribution in [3.8, 4) is 0 Å². The van der Waals surface area contributed by atoms with Gasteiger partial charge in [0.1, 0.15) is 6.17 Å². The fourth-order valence-corrected chi connectivity index (χ4v) is 8.86. The summed E-state index contributed by atoms with van der Waals surface area (Å²) in [6.45, 7) is 9.22. The zero-order chi connectivity index (χ0) is 21.1. The number of fused-ring (bicyclic) bond motifs is 5. The zero-order valence-corrected chi connectivity index (χ0v) is 18.3. The summed E-state index contributed by atoms with van der Waals surface area (Å²) in [5, 5.41) is 9.11. The van der Waals surface area contributed by atoms with Crippen molar-refractivity contribution in [3.05, 3.63) is 0 Å². The van der Waals surface area contributed by atoms with Gasteiger partial charge in [-0.15, -0.1) is 0 Å². The second-order valence-electron chi connectivity index (χ2n) is 11.4. The second kappa shape index (κ2) is 7.27. The van der Waals surface area contributed by atoms with E-state index in [0.29, 0.717) is 48.3 Å². The topological polar surface area (TPSA) is 37.3 Å². The van der Waals surface area contributed by atoms with Crippen LogP contribution in [0.1, 0.15) is 93.2 Å². The molecule has 0 saturated heterocycles. The number of hydrogen-bond donors (Lipinski definition) is 1. The molecule has 160 valence electrons. The van der Waals surface area contributed by atoms with Crippen LogP contribution >= 0.6 is 0 Å². The molecule has 11 atom stereocenters. The minimum absolute atomic E-state index is 0.0813. The molecule has 4 rings (SSSR count). The third-order valence-corrected chi connectivity index (χ3v) is 10.4. The molecule has 3 heteroatoms. The lowest BCUT2D eigenvalue weighted by atomic mass is 9.42. The van der Waals surface area contributed by atoms with Gasteiger partial charge < -0.3 is 5.11 Å².